The van der Waals surface area contributed by atoms with Crippen molar-refractivity contribution in [2.45, 2.75) is 38.3 Å². The molecule has 1 aliphatic carbocycles. The van der Waals surface area contributed by atoms with Crippen molar-refractivity contribution in [3.05, 3.63) is 65.7 Å². The van der Waals surface area contributed by atoms with E-state index in [9.17, 15) is 19.2 Å². The van der Waals surface area contributed by atoms with Gasteiger partial charge in [-0.15, -0.1) is 0 Å². The molecule has 4 rings (SSSR count). The summed E-state index contributed by atoms with van der Waals surface area (Å²) in [6.45, 7) is 2.38. The second-order valence-corrected chi connectivity index (χ2v) is 11.0. The van der Waals surface area contributed by atoms with Crippen molar-refractivity contribution in [3.8, 4) is 0 Å². The number of carbonyl (C=O) groups is 4. The molecule has 1 aliphatic heterocycles. The molecule has 0 bridgehead atoms. The van der Waals surface area contributed by atoms with Gasteiger partial charge in [-0.2, -0.15) is 4.99 Å². The Morgan fingerprint density at radius 3 is 2.19 bits per heavy atom. The van der Waals surface area contributed by atoms with Gasteiger partial charge in [0.05, 0.1) is 5.92 Å². The number of likely N-dealkylation sites (N-methyl/N-ethyl adjacent to an activating group) is 1. The zero-order chi connectivity index (χ0) is 30.8. The number of esters is 1. The van der Waals surface area contributed by atoms with Gasteiger partial charge in [-0.25, -0.2) is 9.59 Å². The fourth-order valence-electron chi connectivity index (χ4n) is 5.04. The van der Waals surface area contributed by atoms with Crippen LogP contribution in [0.4, 0.5) is 15.3 Å². The second-order valence-electron chi connectivity index (χ2n) is 11.0. The smallest absolute Gasteiger partial charge is 0.435 e. The summed E-state index contributed by atoms with van der Waals surface area (Å²) in [7, 11) is 3.23. The number of aliphatic imine (C=N–C) groups is 1. The second kappa shape index (κ2) is 15.0. The van der Waals surface area contributed by atoms with E-state index < -0.39 is 6.09 Å². The maximum atomic E-state index is 12.9. The number of hydrogen-bond acceptors (Lipinski definition) is 7. The number of piperazine rings is 1. The van der Waals surface area contributed by atoms with Crippen molar-refractivity contribution in [1.29, 1.82) is 0 Å². The molecule has 0 spiro atoms. The average molecular weight is 593 g/mol. The van der Waals surface area contributed by atoms with Crippen LogP contribution in [0.15, 0.2) is 59.6 Å². The minimum Gasteiger partial charge on any atom is -0.455 e. The first-order valence-electron chi connectivity index (χ1n) is 14.5. The molecule has 12 heteroatoms. The zero-order valence-electron chi connectivity index (χ0n) is 24.7. The van der Waals surface area contributed by atoms with Crippen molar-refractivity contribution < 1.29 is 28.7 Å². The average Bonchev–Trinajstić information content (AvgIpc) is 3.03. The van der Waals surface area contributed by atoms with Gasteiger partial charge in [-0.1, -0.05) is 30.3 Å². The van der Waals surface area contributed by atoms with E-state index in [2.05, 4.69) is 15.2 Å². The third kappa shape index (κ3) is 9.19. The maximum absolute atomic E-state index is 12.9. The number of ether oxygens (including phenoxy) is 2. The van der Waals surface area contributed by atoms with Gasteiger partial charge in [-0.3, -0.25) is 9.59 Å². The Morgan fingerprint density at radius 2 is 1.56 bits per heavy atom. The van der Waals surface area contributed by atoms with E-state index in [0.29, 0.717) is 57.4 Å². The Morgan fingerprint density at radius 1 is 0.907 bits per heavy atom. The lowest BCUT2D eigenvalue weighted by atomic mass is 9.86. The highest BCUT2D eigenvalue weighted by Gasteiger charge is 2.30. The summed E-state index contributed by atoms with van der Waals surface area (Å²) in [5.74, 6) is -0.760. The summed E-state index contributed by atoms with van der Waals surface area (Å²) in [6, 6.07) is 16.7. The number of hydrogen-bond donors (Lipinski definition) is 2. The summed E-state index contributed by atoms with van der Waals surface area (Å²) < 4.78 is 10.3. The van der Waals surface area contributed by atoms with Crippen LogP contribution in [0.1, 0.15) is 36.8 Å². The van der Waals surface area contributed by atoms with Crippen LogP contribution in [-0.2, 0) is 25.7 Å². The van der Waals surface area contributed by atoms with E-state index in [0.717, 1.165) is 11.3 Å². The van der Waals surface area contributed by atoms with Gasteiger partial charge in [-0.05, 0) is 55.5 Å². The highest BCUT2D eigenvalue weighted by molar-refractivity contribution is 6.02. The number of amides is 4. The molecule has 2 aromatic rings. The van der Waals surface area contributed by atoms with Crippen LogP contribution in [-0.4, -0.2) is 92.6 Å². The van der Waals surface area contributed by atoms with Crippen molar-refractivity contribution in [2.24, 2.45) is 16.6 Å². The standard InChI is InChI=1S/C31H40N6O6/c1-35(2)27(38)21-42-29(39)24-8-12-25(13-9-24)33-30(40)37-18-16-36(17-19-37)26-14-10-23(11-15-26)28(32)34-31(41)43-20-22-6-4-3-5-7-22/h3-7,10-11,14-15,24-25H,8-9,12-13,16-21H2,1-2H3,(H,33,40)(H2,32,34,41). The van der Waals surface area contributed by atoms with E-state index in [1.807, 2.05) is 59.5 Å². The summed E-state index contributed by atoms with van der Waals surface area (Å²) in [6.07, 6.45) is 1.87. The highest BCUT2D eigenvalue weighted by atomic mass is 16.5. The van der Waals surface area contributed by atoms with Crippen molar-refractivity contribution >= 4 is 35.5 Å². The molecule has 0 radical (unpaired) electrons. The molecule has 1 saturated heterocycles. The van der Waals surface area contributed by atoms with E-state index in [1.54, 1.807) is 14.1 Å². The number of amidine groups is 1. The Hall–Kier alpha value is -4.61. The first-order valence-corrected chi connectivity index (χ1v) is 14.5. The van der Waals surface area contributed by atoms with Crippen LogP contribution < -0.4 is 16.0 Å². The molecule has 43 heavy (non-hydrogen) atoms. The molecule has 2 fully saturated rings. The van der Waals surface area contributed by atoms with E-state index in [-0.39, 0.29) is 48.9 Å². The number of anilines is 1. The molecule has 12 nitrogen and oxygen atoms in total. The summed E-state index contributed by atoms with van der Waals surface area (Å²) in [4.78, 5) is 58.1. The van der Waals surface area contributed by atoms with E-state index in [1.165, 1.54) is 4.90 Å². The minimum atomic E-state index is -0.747. The van der Waals surface area contributed by atoms with Crippen LogP contribution in [0, 0.1) is 5.92 Å². The number of benzene rings is 2. The largest absolute Gasteiger partial charge is 0.455 e. The molecule has 2 aliphatic rings. The Bertz CT molecular complexity index is 1280. The first-order chi connectivity index (χ1) is 20.7. The molecule has 1 saturated carbocycles. The minimum absolute atomic E-state index is 0.00766. The van der Waals surface area contributed by atoms with Crippen LogP contribution in [0.25, 0.3) is 0 Å². The fraction of sp³-hybridized carbons (Fsp3) is 0.452. The number of nitrogens with one attached hydrogen (secondary N) is 1. The normalized spacial score (nSPS) is 18.9. The number of nitrogens with two attached hydrogens (primary N) is 1. The molecule has 230 valence electrons. The van der Waals surface area contributed by atoms with Gasteiger partial charge >= 0.3 is 18.1 Å². The highest BCUT2D eigenvalue weighted by Crippen LogP contribution is 2.26. The maximum Gasteiger partial charge on any atom is 0.435 e. The predicted octanol–water partition coefficient (Wildman–Crippen LogP) is 2.75. The topological polar surface area (TPSA) is 147 Å². The van der Waals surface area contributed by atoms with Crippen LogP contribution >= 0.6 is 0 Å². The Labute approximate surface area is 251 Å². The first kappa shape index (κ1) is 31.3. The van der Waals surface area contributed by atoms with Crippen molar-refractivity contribution in [2.75, 3.05) is 51.8 Å². The molecular formula is C31H40N6O6. The molecular weight excluding hydrogens is 552 g/mol. The lowest BCUT2D eigenvalue weighted by Gasteiger charge is -2.37. The number of nitrogens with zero attached hydrogens (tertiary/aromatic N) is 4. The lowest BCUT2D eigenvalue weighted by Crippen LogP contribution is -2.54. The third-order valence-corrected chi connectivity index (χ3v) is 7.74. The Balaban J connectivity index is 1.17. The molecule has 4 amide bonds. The molecule has 0 unspecified atom stereocenters. The zero-order valence-corrected chi connectivity index (χ0v) is 24.7. The van der Waals surface area contributed by atoms with Crippen LogP contribution in [0.2, 0.25) is 0 Å². The van der Waals surface area contributed by atoms with Crippen molar-refractivity contribution in [1.82, 2.24) is 15.1 Å². The van der Waals surface area contributed by atoms with Gasteiger partial charge in [0.2, 0.25) is 0 Å². The lowest BCUT2D eigenvalue weighted by molar-refractivity contribution is -0.155. The number of carbonyl (C=O) groups excluding carboxylic acids is 4. The van der Waals surface area contributed by atoms with Crippen LogP contribution in [0.3, 0.4) is 0 Å². The van der Waals surface area contributed by atoms with Gasteiger partial charge in [0.25, 0.3) is 5.91 Å². The fourth-order valence-corrected chi connectivity index (χ4v) is 5.04. The van der Waals surface area contributed by atoms with Crippen LogP contribution in [0.5, 0.6) is 0 Å². The van der Waals surface area contributed by atoms with E-state index in [4.69, 9.17) is 15.2 Å². The third-order valence-electron chi connectivity index (χ3n) is 7.74. The molecule has 2 aromatic carbocycles. The summed E-state index contributed by atoms with van der Waals surface area (Å²) in [5.41, 5.74) is 8.49. The molecule has 0 atom stereocenters. The molecule has 1 heterocycles. The summed E-state index contributed by atoms with van der Waals surface area (Å²) in [5, 5.41) is 3.11. The number of rotatable bonds is 8. The van der Waals surface area contributed by atoms with Gasteiger partial charge in [0.15, 0.2) is 6.61 Å². The number of urea groups is 1. The quantitative estimate of drug-likeness (QED) is 0.270. The molecule has 3 N–H and O–H groups in total. The Kier molecular flexibility index (Phi) is 11.0. The summed E-state index contributed by atoms with van der Waals surface area (Å²) >= 11 is 0. The monoisotopic (exact) mass is 592 g/mol. The van der Waals surface area contributed by atoms with Gasteiger partial charge in [0, 0.05) is 57.6 Å². The van der Waals surface area contributed by atoms with Crippen molar-refractivity contribution in [3.63, 3.8) is 0 Å². The predicted molar refractivity (Wildman–Crippen MR) is 162 cm³/mol. The van der Waals surface area contributed by atoms with E-state index >= 15 is 0 Å². The van der Waals surface area contributed by atoms with Gasteiger partial charge < -0.3 is 35.2 Å². The van der Waals surface area contributed by atoms with Gasteiger partial charge in [0.1, 0.15) is 12.4 Å². The molecule has 0 aromatic heterocycles. The SMILES string of the molecule is CN(C)C(=O)COC(=O)C1CCC(NC(=O)N2CCN(c3ccc(C(N)=NC(=O)OCc4ccccc4)cc3)CC2)CC1.